The van der Waals surface area contributed by atoms with E-state index < -0.39 is 11.6 Å². The van der Waals surface area contributed by atoms with Gasteiger partial charge in [-0.25, -0.2) is 4.79 Å². The lowest BCUT2D eigenvalue weighted by atomic mass is 9.88. The fourth-order valence-corrected chi connectivity index (χ4v) is 3.84. The van der Waals surface area contributed by atoms with Crippen molar-refractivity contribution < 1.29 is 14.1 Å². The third kappa shape index (κ3) is 2.83. The molecule has 1 atom stereocenters. The molecule has 7 nitrogen and oxygen atoms in total. The van der Waals surface area contributed by atoms with Crippen LogP contribution in [0.15, 0.2) is 77.3 Å². The van der Waals surface area contributed by atoms with Crippen LogP contribution in [0, 0.1) is 0 Å². The summed E-state index contributed by atoms with van der Waals surface area (Å²) in [6.45, 7) is 1.63. The maximum Gasteiger partial charge on any atom is 0.325 e. The second-order valence-electron chi connectivity index (χ2n) is 7.35. The number of urea groups is 1. The van der Waals surface area contributed by atoms with Gasteiger partial charge in [-0.1, -0.05) is 78.0 Å². The van der Waals surface area contributed by atoms with Gasteiger partial charge in [-0.15, -0.1) is 0 Å². The molecule has 0 spiro atoms. The van der Waals surface area contributed by atoms with E-state index in [2.05, 4.69) is 15.5 Å². The SMILES string of the molecule is C[C@]1(c2cccc3ccccc23)NC(=O)N(Cc2nc(-c3ccccc3)no2)C1=O. The molecule has 148 valence electrons. The number of nitrogens with zero attached hydrogens (tertiary/aromatic N) is 3. The van der Waals surface area contributed by atoms with Crippen LogP contribution in [0.4, 0.5) is 4.79 Å². The Morgan fingerprint density at radius 1 is 0.967 bits per heavy atom. The van der Waals surface area contributed by atoms with Gasteiger partial charge in [-0.05, 0) is 23.3 Å². The Morgan fingerprint density at radius 2 is 1.70 bits per heavy atom. The minimum absolute atomic E-state index is 0.0924. The number of imide groups is 1. The molecule has 1 aliphatic heterocycles. The van der Waals surface area contributed by atoms with E-state index in [1.54, 1.807) is 6.92 Å². The van der Waals surface area contributed by atoms with Crippen LogP contribution in [0.25, 0.3) is 22.2 Å². The van der Waals surface area contributed by atoms with Gasteiger partial charge in [0.1, 0.15) is 12.1 Å². The maximum atomic E-state index is 13.3. The monoisotopic (exact) mass is 398 g/mol. The Bertz CT molecular complexity index is 1260. The fourth-order valence-electron chi connectivity index (χ4n) is 3.84. The van der Waals surface area contributed by atoms with Gasteiger partial charge in [0, 0.05) is 5.56 Å². The summed E-state index contributed by atoms with van der Waals surface area (Å²) in [5.41, 5.74) is 0.363. The normalized spacial score (nSPS) is 18.8. The summed E-state index contributed by atoms with van der Waals surface area (Å²) in [5.74, 6) is 0.248. The highest BCUT2D eigenvalue weighted by atomic mass is 16.5. The highest BCUT2D eigenvalue weighted by molar-refractivity contribution is 6.09. The van der Waals surface area contributed by atoms with Crippen molar-refractivity contribution in [1.29, 1.82) is 0 Å². The molecule has 0 saturated carbocycles. The summed E-state index contributed by atoms with van der Waals surface area (Å²) in [4.78, 5) is 31.5. The van der Waals surface area contributed by atoms with Crippen molar-refractivity contribution in [3.63, 3.8) is 0 Å². The standard InChI is InChI=1S/C23H18N4O3/c1-23(18-13-7-11-15-8-5-6-12-17(15)18)21(28)27(22(29)25-23)14-19-24-20(26-30-19)16-9-3-2-4-10-16/h2-13H,14H2,1H3,(H,25,29)/t23-/m1/s1. The number of hydrogen-bond donors (Lipinski definition) is 1. The Balaban J connectivity index is 1.45. The van der Waals surface area contributed by atoms with Gasteiger partial charge >= 0.3 is 6.03 Å². The van der Waals surface area contributed by atoms with E-state index in [9.17, 15) is 9.59 Å². The molecule has 1 aliphatic rings. The van der Waals surface area contributed by atoms with Crippen LogP contribution in [0.5, 0.6) is 0 Å². The zero-order valence-corrected chi connectivity index (χ0v) is 16.2. The molecule has 1 aromatic heterocycles. The molecular weight excluding hydrogens is 380 g/mol. The molecular formula is C23H18N4O3. The largest absolute Gasteiger partial charge is 0.337 e. The van der Waals surface area contributed by atoms with Crippen molar-refractivity contribution >= 4 is 22.7 Å². The predicted molar refractivity (Wildman–Crippen MR) is 110 cm³/mol. The molecule has 3 aromatic carbocycles. The Labute approximate surface area is 172 Å². The second kappa shape index (κ2) is 6.81. The van der Waals surface area contributed by atoms with E-state index in [1.807, 2.05) is 72.8 Å². The molecule has 0 radical (unpaired) electrons. The first-order valence-electron chi connectivity index (χ1n) is 9.56. The molecule has 7 heteroatoms. The van der Waals surface area contributed by atoms with E-state index in [4.69, 9.17) is 4.52 Å². The Morgan fingerprint density at radius 3 is 2.53 bits per heavy atom. The summed E-state index contributed by atoms with van der Waals surface area (Å²) in [7, 11) is 0. The number of amides is 3. The van der Waals surface area contributed by atoms with Crippen molar-refractivity contribution in [1.82, 2.24) is 20.4 Å². The van der Waals surface area contributed by atoms with Gasteiger partial charge < -0.3 is 9.84 Å². The summed E-state index contributed by atoms with van der Waals surface area (Å²) in [6, 6.07) is 22.4. The van der Waals surface area contributed by atoms with Gasteiger partial charge in [-0.3, -0.25) is 9.69 Å². The van der Waals surface area contributed by atoms with E-state index in [1.165, 1.54) is 0 Å². The van der Waals surface area contributed by atoms with Crippen LogP contribution in [0.3, 0.4) is 0 Å². The second-order valence-corrected chi connectivity index (χ2v) is 7.35. The summed E-state index contributed by atoms with van der Waals surface area (Å²) in [5, 5.41) is 8.72. The molecule has 0 unspecified atom stereocenters. The van der Waals surface area contributed by atoms with Crippen molar-refractivity contribution in [3.05, 3.63) is 84.3 Å². The maximum absolute atomic E-state index is 13.3. The molecule has 30 heavy (non-hydrogen) atoms. The van der Waals surface area contributed by atoms with Crippen molar-refractivity contribution in [3.8, 4) is 11.4 Å². The number of hydrogen-bond acceptors (Lipinski definition) is 5. The molecule has 3 amide bonds. The lowest BCUT2D eigenvalue weighted by molar-refractivity contribution is -0.131. The predicted octanol–water partition coefficient (Wildman–Crippen LogP) is 3.86. The Kier molecular flexibility index (Phi) is 4.10. The average Bonchev–Trinajstić information content (AvgIpc) is 3.33. The van der Waals surface area contributed by atoms with E-state index in [0.29, 0.717) is 5.82 Å². The number of aromatic nitrogens is 2. The number of benzene rings is 3. The minimum Gasteiger partial charge on any atom is -0.337 e. The van der Waals surface area contributed by atoms with Crippen LogP contribution in [-0.4, -0.2) is 27.0 Å². The summed E-state index contributed by atoms with van der Waals surface area (Å²) >= 11 is 0. The van der Waals surface area contributed by atoms with Crippen molar-refractivity contribution in [2.24, 2.45) is 0 Å². The molecule has 1 saturated heterocycles. The van der Waals surface area contributed by atoms with Gasteiger partial charge in [-0.2, -0.15) is 4.98 Å². The van der Waals surface area contributed by atoms with E-state index >= 15 is 0 Å². The van der Waals surface area contributed by atoms with Crippen molar-refractivity contribution in [2.75, 3.05) is 0 Å². The molecule has 5 rings (SSSR count). The molecule has 0 aliphatic carbocycles. The lowest BCUT2D eigenvalue weighted by Crippen LogP contribution is -2.41. The molecule has 1 N–H and O–H groups in total. The number of nitrogens with one attached hydrogen (secondary N) is 1. The van der Waals surface area contributed by atoms with Crippen LogP contribution in [-0.2, 0) is 16.9 Å². The van der Waals surface area contributed by atoms with Crippen LogP contribution in [0.1, 0.15) is 18.4 Å². The van der Waals surface area contributed by atoms with E-state index in [0.717, 1.165) is 26.8 Å². The molecule has 2 heterocycles. The third-order valence-electron chi connectivity index (χ3n) is 5.40. The van der Waals surface area contributed by atoms with Crippen molar-refractivity contribution in [2.45, 2.75) is 19.0 Å². The first-order chi connectivity index (χ1) is 14.6. The first kappa shape index (κ1) is 18.1. The topological polar surface area (TPSA) is 88.3 Å². The minimum atomic E-state index is -1.18. The highest BCUT2D eigenvalue weighted by Crippen LogP contribution is 2.34. The zero-order chi connectivity index (χ0) is 20.7. The highest BCUT2D eigenvalue weighted by Gasteiger charge is 2.50. The summed E-state index contributed by atoms with van der Waals surface area (Å²) in [6.07, 6.45) is 0. The Hall–Kier alpha value is -4.00. The number of carbonyl (C=O) groups excluding carboxylic acids is 2. The van der Waals surface area contributed by atoms with Gasteiger partial charge in [0.15, 0.2) is 0 Å². The molecule has 1 fully saturated rings. The summed E-state index contributed by atoms with van der Waals surface area (Å²) < 4.78 is 5.29. The van der Waals surface area contributed by atoms with Gasteiger partial charge in [0.25, 0.3) is 5.91 Å². The van der Waals surface area contributed by atoms with Crippen LogP contribution < -0.4 is 5.32 Å². The van der Waals surface area contributed by atoms with Crippen LogP contribution >= 0.6 is 0 Å². The fraction of sp³-hybridized carbons (Fsp3) is 0.130. The van der Waals surface area contributed by atoms with Gasteiger partial charge in [0.05, 0.1) is 0 Å². The number of rotatable bonds is 4. The number of carbonyl (C=O) groups is 2. The van der Waals surface area contributed by atoms with Gasteiger partial charge in [0.2, 0.25) is 11.7 Å². The quantitative estimate of drug-likeness (QED) is 0.528. The van der Waals surface area contributed by atoms with E-state index in [-0.39, 0.29) is 18.3 Å². The van der Waals surface area contributed by atoms with Crippen LogP contribution in [0.2, 0.25) is 0 Å². The number of fused-ring (bicyclic) bond motifs is 1. The average molecular weight is 398 g/mol. The molecule has 0 bridgehead atoms. The zero-order valence-electron chi connectivity index (χ0n) is 16.2. The lowest BCUT2D eigenvalue weighted by Gasteiger charge is -2.23. The smallest absolute Gasteiger partial charge is 0.325 e. The molecule has 4 aromatic rings. The third-order valence-corrected chi connectivity index (χ3v) is 5.40. The first-order valence-corrected chi connectivity index (χ1v) is 9.56.